The number of benzene rings is 3. The maximum absolute atomic E-state index is 11.0. The lowest BCUT2D eigenvalue weighted by atomic mass is 9.92. The van der Waals surface area contributed by atoms with E-state index in [-0.39, 0.29) is 11.0 Å². The van der Waals surface area contributed by atoms with Crippen molar-refractivity contribution in [3.05, 3.63) is 109 Å². The molecule has 0 bridgehead atoms. The molecule has 2 atom stereocenters. The van der Waals surface area contributed by atoms with Crippen LogP contribution in [0, 0.1) is 0 Å². The summed E-state index contributed by atoms with van der Waals surface area (Å²) in [6, 6.07) is 31.5. The predicted molar refractivity (Wildman–Crippen MR) is 134 cm³/mol. The Hall–Kier alpha value is -2.46. The Morgan fingerprint density at radius 3 is 1.71 bits per heavy atom. The van der Waals surface area contributed by atoms with Crippen molar-refractivity contribution in [2.75, 3.05) is 6.61 Å². The van der Waals surface area contributed by atoms with E-state index in [1.54, 1.807) is 6.08 Å². The average Bonchev–Trinajstić information content (AvgIpc) is 2.78. The van der Waals surface area contributed by atoms with E-state index in [1.807, 2.05) is 18.2 Å². The first-order valence-electron chi connectivity index (χ1n) is 11.0. The van der Waals surface area contributed by atoms with E-state index < -0.39 is 14.4 Å². The van der Waals surface area contributed by atoms with Gasteiger partial charge in [0.05, 0.1) is 6.10 Å². The first-order valence-corrected chi connectivity index (χ1v) is 12.9. The van der Waals surface area contributed by atoms with Crippen LogP contribution in [0.25, 0.3) is 0 Å². The summed E-state index contributed by atoms with van der Waals surface area (Å²) >= 11 is 0. The monoisotopic (exact) mass is 430 g/mol. The van der Waals surface area contributed by atoms with Gasteiger partial charge in [0.15, 0.2) is 0 Å². The second-order valence-electron chi connectivity index (χ2n) is 9.08. The molecular weight excluding hydrogens is 396 g/mol. The summed E-state index contributed by atoms with van der Waals surface area (Å²) in [5, 5.41) is 13.4. The topological polar surface area (TPSA) is 29.5 Å². The van der Waals surface area contributed by atoms with Gasteiger partial charge in [0, 0.05) is 12.5 Å². The molecule has 31 heavy (non-hydrogen) atoms. The van der Waals surface area contributed by atoms with Gasteiger partial charge in [-0.15, -0.1) is 6.58 Å². The summed E-state index contributed by atoms with van der Waals surface area (Å²) in [6.07, 6.45) is 1.77. The molecule has 1 N–H and O–H groups in total. The van der Waals surface area contributed by atoms with Crippen LogP contribution in [0.5, 0.6) is 0 Å². The minimum absolute atomic E-state index is 0.0969. The van der Waals surface area contributed by atoms with Gasteiger partial charge < -0.3 is 9.53 Å². The molecule has 3 rings (SSSR count). The third-order valence-corrected chi connectivity index (χ3v) is 11.0. The molecular formula is C28H34O2Si. The first kappa shape index (κ1) is 23.2. The molecule has 162 valence electrons. The summed E-state index contributed by atoms with van der Waals surface area (Å²) in [7, 11) is -2.65. The largest absolute Gasteiger partial charge is 0.407 e. The van der Waals surface area contributed by atoms with Crippen LogP contribution in [0.4, 0.5) is 0 Å². The first-order chi connectivity index (χ1) is 14.9. The second kappa shape index (κ2) is 10.2. The van der Waals surface area contributed by atoms with E-state index in [0.29, 0.717) is 13.0 Å². The lowest BCUT2D eigenvalue weighted by Gasteiger charge is -2.44. The molecule has 3 aromatic carbocycles. The van der Waals surface area contributed by atoms with E-state index in [0.717, 1.165) is 5.56 Å². The molecule has 0 radical (unpaired) electrons. The van der Waals surface area contributed by atoms with Gasteiger partial charge in [-0.1, -0.05) is 118 Å². The molecule has 0 unspecified atom stereocenters. The fourth-order valence-electron chi connectivity index (χ4n) is 4.44. The molecule has 0 saturated heterocycles. The lowest BCUT2D eigenvalue weighted by Crippen LogP contribution is -2.67. The van der Waals surface area contributed by atoms with Crippen molar-refractivity contribution in [2.24, 2.45) is 0 Å². The number of rotatable bonds is 9. The quantitative estimate of drug-likeness (QED) is 0.369. The standard InChI is InChI=1S/C28H34O2Si/c1-5-15-27(29)26(23-16-9-6-10-17-23)22-30-31(28(2,3)4,24-18-11-7-12-19-24)25-20-13-8-14-21-25/h5-14,16-21,26-27,29H,1,15,22H2,2-4H3/t26-,27+/m1/s1. The third kappa shape index (κ3) is 5.07. The molecule has 0 aliphatic carbocycles. The predicted octanol–water partition coefficient (Wildman–Crippen LogP) is 5.28. The van der Waals surface area contributed by atoms with Crippen molar-refractivity contribution in [1.82, 2.24) is 0 Å². The lowest BCUT2D eigenvalue weighted by molar-refractivity contribution is 0.113. The van der Waals surface area contributed by atoms with Crippen molar-refractivity contribution in [3.8, 4) is 0 Å². The number of hydrogen-bond donors (Lipinski definition) is 1. The van der Waals surface area contributed by atoms with Gasteiger partial charge in [0.2, 0.25) is 0 Å². The van der Waals surface area contributed by atoms with Crippen molar-refractivity contribution < 1.29 is 9.53 Å². The van der Waals surface area contributed by atoms with Crippen LogP contribution in [-0.2, 0) is 4.43 Å². The van der Waals surface area contributed by atoms with Crippen LogP contribution in [0.1, 0.15) is 38.7 Å². The Bertz CT molecular complexity index is 894. The van der Waals surface area contributed by atoms with Crippen LogP contribution in [0.15, 0.2) is 104 Å². The normalized spacial score (nSPS) is 14.1. The smallest absolute Gasteiger partial charge is 0.261 e. The van der Waals surface area contributed by atoms with Gasteiger partial charge >= 0.3 is 0 Å². The van der Waals surface area contributed by atoms with E-state index >= 15 is 0 Å². The summed E-state index contributed by atoms with van der Waals surface area (Å²) < 4.78 is 7.09. The number of hydrogen-bond acceptors (Lipinski definition) is 2. The van der Waals surface area contributed by atoms with Gasteiger partial charge in [-0.05, 0) is 27.4 Å². The van der Waals surface area contributed by atoms with Gasteiger partial charge in [0.1, 0.15) is 0 Å². The Labute approximate surface area is 188 Å². The summed E-state index contributed by atoms with van der Waals surface area (Å²) in [6.45, 7) is 11.1. The van der Waals surface area contributed by atoms with Gasteiger partial charge in [-0.25, -0.2) is 0 Å². The highest BCUT2D eigenvalue weighted by molar-refractivity contribution is 6.99. The number of aliphatic hydroxyl groups is 1. The molecule has 0 saturated carbocycles. The fraction of sp³-hybridized carbons (Fsp3) is 0.286. The molecule has 3 heteroatoms. The van der Waals surface area contributed by atoms with E-state index in [2.05, 4.69) is 100 Å². The second-order valence-corrected chi connectivity index (χ2v) is 13.4. The van der Waals surface area contributed by atoms with Gasteiger partial charge in [0.25, 0.3) is 8.32 Å². The van der Waals surface area contributed by atoms with Crippen LogP contribution in [0.3, 0.4) is 0 Å². The summed E-state index contributed by atoms with van der Waals surface area (Å²) in [5.41, 5.74) is 1.09. The fourth-order valence-corrected chi connectivity index (χ4v) is 9.03. The third-order valence-electron chi connectivity index (χ3n) is 6.00. The maximum Gasteiger partial charge on any atom is 0.261 e. The van der Waals surface area contributed by atoms with Crippen molar-refractivity contribution in [3.63, 3.8) is 0 Å². The molecule has 0 spiro atoms. The highest BCUT2D eigenvalue weighted by atomic mass is 28.4. The minimum atomic E-state index is -2.65. The molecule has 0 aliphatic rings. The molecule has 0 fully saturated rings. The molecule has 2 nitrogen and oxygen atoms in total. The minimum Gasteiger partial charge on any atom is -0.407 e. The number of aliphatic hydroxyl groups excluding tert-OH is 1. The van der Waals surface area contributed by atoms with Crippen molar-refractivity contribution >= 4 is 18.7 Å². The molecule has 0 aromatic heterocycles. The van der Waals surface area contributed by atoms with Crippen LogP contribution >= 0.6 is 0 Å². The van der Waals surface area contributed by atoms with E-state index in [9.17, 15) is 5.11 Å². The Morgan fingerprint density at radius 2 is 1.29 bits per heavy atom. The van der Waals surface area contributed by atoms with Crippen molar-refractivity contribution in [1.29, 1.82) is 0 Å². The van der Waals surface area contributed by atoms with Crippen LogP contribution in [-0.4, -0.2) is 26.1 Å². The highest BCUT2D eigenvalue weighted by Gasteiger charge is 2.50. The molecule has 0 heterocycles. The zero-order chi connectivity index (χ0) is 22.3. The van der Waals surface area contributed by atoms with Crippen LogP contribution < -0.4 is 10.4 Å². The van der Waals surface area contributed by atoms with Gasteiger partial charge in [-0.2, -0.15) is 0 Å². The van der Waals surface area contributed by atoms with E-state index in [4.69, 9.17) is 4.43 Å². The summed E-state index contributed by atoms with van der Waals surface area (Å²) in [4.78, 5) is 0. The van der Waals surface area contributed by atoms with Gasteiger partial charge in [-0.3, -0.25) is 0 Å². The van der Waals surface area contributed by atoms with E-state index in [1.165, 1.54) is 10.4 Å². The maximum atomic E-state index is 11.0. The Morgan fingerprint density at radius 1 is 0.839 bits per heavy atom. The Kier molecular flexibility index (Phi) is 7.66. The van der Waals surface area contributed by atoms with Crippen LogP contribution in [0.2, 0.25) is 5.04 Å². The Balaban J connectivity index is 2.08. The van der Waals surface area contributed by atoms with Crippen molar-refractivity contribution in [2.45, 2.75) is 44.3 Å². The molecule has 0 aliphatic heterocycles. The molecule has 0 amide bonds. The highest BCUT2D eigenvalue weighted by Crippen LogP contribution is 2.38. The zero-order valence-corrected chi connectivity index (χ0v) is 19.9. The summed E-state index contributed by atoms with van der Waals surface area (Å²) in [5.74, 6) is -0.124. The zero-order valence-electron chi connectivity index (χ0n) is 18.9. The molecule has 3 aromatic rings. The average molecular weight is 431 g/mol. The SMILES string of the molecule is C=CC[C@H](O)[C@H](CO[Si](c1ccccc1)(c1ccccc1)C(C)(C)C)c1ccccc1.